The number of hydrogen-bond donors (Lipinski definition) is 0. The Labute approximate surface area is 239 Å². The summed E-state index contributed by atoms with van der Waals surface area (Å²) in [5, 5.41) is 0.808. The second-order valence-corrected chi connectivity index (χ2v) is 12.6. The second kappa shape index (κ2) is 10.6. The topological polar surface area (TPSA) is 101 Å². The number of sulfonamides is 1. The van der Waals surface area contributed by atoms with Gasteiger partial charge in [-0.25, -0.2) is 22.7 Å². The van der Waals surface area contributed by atoms with Crippen LogP contribution in [0, 0.1) is 12.7 Å². The van der Waals surface area contributed by atoms with Crippen LogP contribution in [0.4, 0.5) is 10.1 Å². The molecule has 5 aromatic rings. The van der Waals surface area contributed by atoms with Gasteiger partial charge in [-0.1, -0.05) is 12.1 Å². The number of benzene rings is 3. The number of carbonyl (C=O) groups is 2. The molecule has 1 atom stereocenters. The molecule has 3 heterocycles. The number of rotatable bonds is 7. The van der Waals surface area contributed by atoms with Crippen LogP contribution in [0.5, 0.6) is 0 Å². The number of imide groups is 1. The highest BCUT2D eigenvalue weighted by Crippen LogP contribution is 2.34. The summed E-state index contributed by atoms with van der Waals surface area (Å²) in [7, 11) is -4.29. The van der Waals surface area contributed by atoms with E-state index in [0.29, 0.717) is 11.3 Å². The molecule has 0 aliphatic carbocycles. The molecule has 0 N–H and O–H groups in total. The maximum absolute atomic E-state index is 13.7. The molecule has 2 aromatic heterocycles. The number of nitrogens with zero attached hydrogens (tertiary/aromatic N) is 4. The molecule has 0 spiro atoms. The first-order valence-electron chi connectivity index (χ1n) is 12.7. The number of hydrogen-bond acceptors (Lipinski definition) is 7. The third-order valence-electron chi connectivity index (χ3n) is 6.87. The van der Waals surface area contributed by atoms with Crippen LogP contribution in [-0.2, 0) is 26.2 Å². The Morgan fingerprint density at radius 2 is 1.78 bits per heavy atom. The van der Waals surface area contributed by atoms with Crippen LogP contribution in [0.1, 0.15) is 17.5 Å². The first kappa shape index (κ1) is 26.9. The number of anilines is 1. The number of amides is 2. The minimum absolute atomic E-state index is 0.183. The van der Waals surface area contributed by atoms with Gasteiger partial charge in [0.25, 0.3) is 5.91 Å². The van der Waals surface area contributed by atoms with E-state index < -0.39 is 33.7 Å². The van der Waals surface area contributed by atoms with Gasteiger partial charge >= 0.3 is 0 Å². The fourth-order valence-corrected chi connectivity index (χ4v) is 7.44. The van der Waals surface area contributed by atoms with Crippen molar-refractivity contribution >= 4 is 49.1 Å². The van der Waals surface area contributed by atoms with Crippen LogP contribution in [0.25, 0.3) is 20.8 Å². The largest absolute Gasteiger partial charge is 0.274 e. The molecule has 8 nitrogen and oxygen atoms in total. The number of thiazole rings is 1. The molecular weight excluding hydrogens is 563 g/mol. The zero-order valence-corrected chi connectivity index (χ0v) is 23.4. The first-order valence-corrected chi connectivity index (χ1v) is 15.0. The van der Waals surface area contributed by atoms with Gasteiger partial charge in [0.2, 0.25) is 15.9 Å². The van der Waals surface area contributed by atoms with Crippen LogP contribution in [-0.4, -0.2) is 40.5 Å². The molecule has 41 heavy (non-hydrogen) atoms. The van der Waals surface area contributed by atoms with Crippen LogP contribution < -0.4 is 4.90 Å². The van der Waals surface area contributed by atoms with Gasteiger partial charge in [0.05, 0.1) is 27.2 Å². The number of fused-ring (bicyclic) bond motifs is 1. The van der Waals surface area contributed by atoms with Gasteiger partial charge < -0.3 is 0 Å². The van der Waals surface area contributed by atoms with Crippen molar-refractivity contribution in [3.8, 4) is 10.6 Å². The van der Waals surface area contributed by atoms with E-state index in [2.05, 4.69) is 16.0 Å². The summed E-state index contributed by atoms with van der Waals surface area (Å²) in [6.45, 7) is 1.83. The number of halogens is 1. The summed E-state index contributed by atoms with van der Waals surface area (Å²) in [6.07, 6.45) is 2.71. The lowest BCUT2D eigenvalue weighted by Gasteiger charge is -2.27. The quantitative estimate of drug-likeness (QED) is 0.239. The second-order valence-electron chi connectivity index (χ2n) is 9.69. The van der Waals surface area contributed by atoms with Crippen molar-refractivity contribution in [3.63, 3.8) is 0 Å². The molecule has 1 aliphatic rings. The van der Waals surface area contributed by atoms with Crippen LogP contribution >= 0.6 is 11.3 Å². The van der Waals surface area contributed by atoms with Crippen molar-refractivity contribution in [3.05, 3.63) is 108 Å². The zero-order chi connectivity index (χ0) is 28.7. The molecule has 0 radical (unpaired) electrons. The van der Waals surface area contributed by atoms with E-state index in [4.69, 9.17) is 0 Å². The van der Waals surface area contributed by atoms with Crippen LogP contribution in [0.2, 0.25) is 0 Å². The number of aromatic nitrogens is 2. The van der Waals surface area contributed by atoms with Crippen molar-refractivity contribution in [2.75, 3.05) is 4.90 Å². The normalized spacial score (nSPS) is 15.8. The third-order valence-corrected chi connectivity index (χ3v) is 9.80. The van der Waals surface area contributed by atoms with Crippen molar-refractivity contribution in [2.45, 2.75) is 30.8 Å². The summed E-state index contributed by atoms with van der Waals surface area (Å²) in [5.74, 6) is -1.77. The molecule has 1 aliphatic heterocycles. The molecule has 0 bridgehead atoms. The SMILES string of the molecule is Cc1ccc2nc(-c3ccc(N4C(=O)CC(N(Cc5cccnc5)S(=O)(=O)c5ccc(F)cc5)C4=O)cc3)sc2c1. The minimum atomic E-state index is -4.29. The molecule has 6 rings (SSSR count). The Balaban J connectivity index is 1.31. The molecule has 1 unspecified atom stereocenters. The van der Waals surface area contributed by atoms with E-state index in [1.165, 1.54) is 6.20 Å². The third kappa shape index (κ3) is 5.15. The fraction of sp³-hybridized carbons (Fsp3) is 0.133. The number of carbonyl (C=O) groups excluding carboxylic acids is 2. The fourth-order valence-electron chi connectivity index (χ4n) is 4.80. The zero-order valence-electron chi connectivity index (χ0n) is 21.8. The van der Waals surface area contributed by atoms with E-state index in [1.54, 1.807) is 53.9 Å². The van der Waals surface area contributed by atoms with E-state index in [1.807, 2.05) is 19.1 Å². The summed E-state index contributed by atoms with van der Waals surface area (Å²) in [6, 6.07) is 19.3. The van der Waals surface area contributed by atoms with Gasteiger partial charge in [0.1, 0.15) is 16.9 Å². The summed E-state index contributed by atoms with van der Waals surface area (Å²) < 4.78 is 43.1. The van der Waals surface area contributed by atoms with Gasteiger partial charge in [-0.3, -0.25) is 14.6 Å². The monoisotopic (exact) mass is 586 g/mol. The lowest BCUT2D eigenvalue weighted by molar-refractivity contribution is -0.122. The summed E-state index contributed by atoms with van der Waals surface area (Å²) >= 11 is 1.55. The Bertz CT molecular complexity index is 1880. The van der Waals surface area contributed by atoms with Gasteiger partial charge in [-0.15, -0.1) is 11.3 Å². The van der Waals surface area contributed by atoms with Crippen molar-refractivity contribution < 1.29 is 22.4 Å². The van der Waals surface area contributed by atoms with Crippen LogP contribution in [0.3, 0.4) is 0 Å². The summed E-state index contributed by atoms with van der Waals surface area (Å²) in [5.41, 5.74) is 3.74. The van der Waals surface area contributed by atoms with Crippen molar-refractivity contribution in [1.82, 2.24) is 14.3 Å². The standard InChI is InChI=1S/C30H23FN4O4S2/c1-19-4-13-25-27(15-19)40-29(33-25)21-5-9-23(10-6-21)35-28(36)16-26(30(35)37)34(18-20-3-2-14-32-17-20)41(38,39)24-11-7-22(31)8-12-24/h2-15,17,26H,16,18H2,1H3. The molecule has 11 heteroatoms. The molecule has 3 aromatic carbocycles. The van der Waals surface area contributed by atoms with Gasteiger partial charge in [-0.2, -0.15) is 4.31 Å². The predicted octanol–water partition coefficient (Wildman–Crippen LogP) is 5.33. The Morgan fingerprint density at radius 1 is 1.02 bits per heavy atom. The Morgan fingerprint density at radius 3 is 2.49 bits per heavy atom. The minimum Gasteiger partial charge on any atom is -0.274 e. The average Bonchev–Trinajstić information content (AvgIpc) is 3.52. The smallest absolute Gasteiger partial charge is 0.252 e. The van der Waals surface area contributed by atoms with Gasteiger partial charge in [-0.05, 0) is 84.8 Å². The predicted molar refractivity (Wildman–Crippen MR) is 154 cm³/mol. The highest BCUT2D eigenvalue weighted by atomic mass is 32.2. The molecule has 1 saturated heterocycles. The summed E-state index contributed by atoms with van der Waals surface area (Å²) in [4.78, 5) is 36.4. The number of pyridine rings is 1. The molecule has 1 fully saturated rings. The van der Waals surface area contributed by atoms with Gasteiger partial charge in [0, 0.05) is 24.5 Å². The van der Waals surface area contributed by atoms with Crippen molar-refractivity contribution in [1.29, 1.82) is 0 Å². The maximum atomic E-state index is 13.7. The lowest BCUT2D eigenvalue weighted by Crippen LogP contribution is -2.45. The Hall–Kier alpha value is -4.32. The van der Waals surface area contributed by atoms with Gasteiger partial charge in [0.15, 0.2) is 0 Å². The highest BCUT2D eigenvalue weighted by Gasteiger charge is 2.47. The molecule has 0 saturated carbocycles. The highest BCUT2D eigenvalue weighted by molar-refractivity contribution is 7.89. The van der Waals surface area contributed by atoms with E-state index in [-0.39, 0.29) is 17.9 Å². The molecular formula is C30H23FN4O4S2. The first-order chi connectivity index (χ1) is 19.7. The van der Waals surface area contributed by atoms with E-state index in [0.717, 1.165) is 59.8 Å². The van der Waals surface area contributed by atoms with Crippen LogP contribution in [0.15, 0.2) is 96.2 Å². The molecule has 2 amide bonds. The van der Waals surface area contributed by atoms with E-state index in [9.17, 15) is 22.4 Å². The van der Waals surface area contributed by atoms with Crippen molar-refractivity contribution in [2.24, 2.45) is 0 Å². The van der Waals surface area contributed by atoms with E-state index >= 15 is 0 Å². The average molecular weight is 587 g/mol. The maximum Gasteiger partial charge on any atom is 0.252 e. The molecule has 206 valence electrons. The lowest BCUT2D eigenvalue weighted by atomic mass is 10.2. The Kier molecular flexibility index (Phi) is 6.94. The number of aryl methyl sites for hydroxylation is 1.